The van der Waals surface area contributed by atoms with Crippen molar-refractivity contribution >= 4 is 33.9 Å². The molecule has 1 aliphatic heterocycles. The van der Waals surface area contributed by atoms with E-state index in [4.69, 9.17) is 4.74 Å². The second kappa shape index (κ2) is 7.59. The molecule has 1 aromatic heterocycles. The molecule has 7 nitrogen and oxygen atoms in total. The summed E-state index contributed by atoms with van der Waals surface area (Å²) in [6.07, 6.45) is 0. The van der Waals surface area contributed by atoms with Crippen LogP contribution in [0.1, 0.15) is 5.82 Å². The van der Waals surface area contributed by atoms with Gasteiger partial charge in [-0.2, -0.15) is 4.37 Å². The van der Waals surface area contributed by atoms with Crippen LogP contribution in [-0.4, -0.2) is 55.2 Å². The van der Waals surface area contributed by atoms with Crippen molar-refractivity contribution in [2.24, 2.45) is 0 Å². The average Bonchev–Trinajstić information content (AvgIpc) is 3.03. The van der Waals surface area contributed by atoms with Crippen molar-refractivity contribution in [1.82, 2.24) is 9.36 Å². The molecule has 8 heteroatoms. The highest BCUT2D eigenvalue weighted by Gasteiger charge is 2.13. The van der Waals surface area contributed by atoms with Crippen LogP contribution in [0.4, 0.5) is 16.5 Å². The van der Waals surface area contributed by atoms with Crippen LogP contribution in [0.25, 0.3) is 0 Å². The normalized spacial score (nSPS) is 14.5. The van der Waals surface area contributed by atoms with E-state index in [0.717, 1.165) is 48.6 Å². The van der Waals surface area contributed by atoms with Gasteiger partial charge in [0.25, 0.3) is 0 Å². The lowest BCUT2D eigenvalue weighted by atomic mass is 10.2. The number of benzene rings is 1. The van der Waals surface area contributed by atoms with Crippen molar-refractivity contribution in [2.45, 2.75) is 6.92 Å². The Morgan fingerprint density at radius 2 is 2.04 bits per heavy atom. The second-order valence-corrected chi connectivity index (χ2v) is 6.40. The highest BCUT2D eigenvalue weighted by Crippen LogP contribution is 2.19. The maximum absolute atomic E-state index is 12.2. The Bertz CT molecular complexity index is 682. The zero-order valence-electron chi connectivity index (χ0n) is 13.9. The predicted octanol–water partition coefficient (Wildman–Crippen LogP) is 1.76. The largest absolute Gasteiger partial charge is 0.378 e. The van der Waals surface area contributed by atoms with E-state index in [1.807, 2.05) is 38.2 Å². The lowest BCUT2D eigenvalue weighted by Gasteiger charge is -2.28. The summed E-state index contributed by atoms with van der Waals surface area (Å²) >= 11 is 1.29. The SMILES string of the molecule is Cc1nsc(N(C)CC(=O)Nc2ccc(N3CCOCC3)cc2)n1. The topological polar surface area (TPSA) is 70.6 Å². The summed E-state index contributed by atoms with van der Waals surface area (Å²) in [5.74, 6) is 0.644. The first-order valence-electron chi connectivity index (χ1n) is 7.86. The van der Waals surface area contributed by atoms with Gasteiger partial charge in [0.15, 0.2) is 0 Å². The van der Waals surface area contributed by atoms with Gasteiger partial charge in [0.05, 0.1) is 19.8 Å². The molecule has 0 saturated carbocycles. The molecule has 2 heterocycles. The van der Waals surface area contributed by atoms with Crippen LogP contribution < -0.4 is 15.1 Å². The summed E-state index contributed by atoms with van der Waals surface area (Å²) in [6.45, 7) is 5.39. The zero-order valence-corrected chi connectivity index (χ0v) is 14.7. The van der Waals surface area contributed by atoms with Gasteiger partial charge in [-0.1, -0.05) is 0 Å². The fraction of sp³-hybridized carbons (Fsp3) is 0.438. The minimum atomic E-state index is -0.0792. The molecular formula is C16H21N5O2S. The molecule has 1 fully saturated rings. The summed E-state index contributed by atoms with van der Waals surface area (Å²) in [4.78, 5) is 20.5. The molecule has 0 unspecified atom stereocenters. The summed E-state index contributed by atoms with van der Waals surface area (Å²) < 4.78 is 9.49. The molecule has 1 N–H and O–H groups in total. The maximum atomic E-state index is 12.2. The molecule has 1 aromatic carbocycles. The number of likely N-dealkylation sites (N-methyl/N-ethyl adjacent to an activating group) is 1. The number of nitrogens with zero attached hydrogens (tertiary/aromatic N) is 4. The minimum absolute atomic E-state index is 0.0792. The Balaban J connectivity index is 1.54. The van der Waals surface area contributed by atoms with Crippen molar-refractivity contribution in [1.29, 1.82) is 0 Å². The maximum Gasteiger partial charge on any atom is 0.243 e. The number of morpholine rings is 1. The molecule has 0 atom stereocenters. The van der Waals surface area contributed by atoms with E-state index in [1.54, 1.807) is 4.90 Å². The first-order chi connectivity index (χ1) is 11.6. The van der Waals surface area contributed by atoms with E-state index in [2.05, 4.69) is 19.6 Å². The minimum Gasteiger partial charge on any atom is -0.378 e. The lowest BCUT2D eigenvalue weighted by Crippen LogP contribution is -2.36. The van der Waals surface area contributed by atoms with Gasteiger partial charge in [0.1, 0.15) is 5.82 Å². The van der Waals surface area contributed by atoms with Crippen molar-refractivity contribution in [3.05, 3.63) is 30.1 Å². The van der Waals surface area contributed by atoms with Crippen molar-refractivity contribution in [3.63, 3.8) is 0 Å². The van der Waals surface area contributed by atoms with Crippen LogP contribution in [0.2, 0.25) is 0 Å². The fourth-order valence-electron chi connectivity index (χ4n) is 2.50. The van der Waals surface area contributed by atoms with Gasteiger partial charge in [-0.3, -0.25) is 4.79 Å². The quantitative estimate of drug-likeness (QED) is 0.889. The fourth-order valence-corrected chi connectivity index (χ4v) is 3.13. The highest BCUT2D eigenvalue weighted by molar-refractivity contribution is 7.09. The predicted molar refractivity (Wildman–Crippen MR) is 96.0 cm³/mol. The molecule has 128 valence electrons. The average molecular weight is 347 g/mol. The summed E-state index contributed by atoms with van der Waals surface area (Å²) in [5.41, 5.74) is 1.94. The van der Waals surface area contributed by atoms with Crippen LogP contribution in [0.5, 0.6) is 0 Å². The van der Waals surface area contributed by atoms with Gasteiger partial charge in [-0.15, -0.1) is 0 Å². The molecule has 0 radical (unpaired) electrons. The molecule has 1 saturated heterocycles. The number of rotatable bonds is 5. The number of nitrogens with one attached hydrogen (secondary N) is 1. The van der Waals surface area contributed by atoms with Crippen molar-refractivity contribution in [3.8, 4) is 0 Å². The van der Waals surface area contributed by atoms with E-state index in [9.17, 15) is 4.79 Å². The number of aryl methyl sites for hydroxylation is 1. The molecular weight excluding hydrogens is 326 g/mol. The Hall–Kier alpha value is -2.19. The third-order valence-corrected chi connectivity index (χ3v) is 4.67. The van der Waals surface area contributed by atoms with Gasteiger partial charge >= 0.3 is 0 Å². The first-order valence-corrected chi connectivity index (χ1v) is 8.63. The van der Waals surface area contributed by atoms with Crippen LogP contribution in [0.15, 0.2) is 24.3 Å². The molecule has 1 aliphatic rings. The van der Waals surface area contributed by atoms with Gasteiger partial charge in [0, 0.05) is 43.0 Å². The van der Waals surface area contributed by atoms with E-state index in [-0.39, 0.29) is 12.5 Å². The monoisotopic (exact) mass is 347 g/mol. The second-order valence-electron chi connectivity index (χ2n) is 5.67. The lowest BCUT2D eigenvalue weighted by molar-refractivity contribution is -0.114. The van der Waals surface area contributed by atoms with Gasteiger partial charge in [-0.25, -0.2) is 4.98 Å². The Morgan fingerprint density at radius 3 is 2.67 bits per heavy atom. The molecule has 3 rings (SSSR count). The third kappa shape index (κ3) is 4.21. The summed E-state index contributed by atoms with van der Waals surface area (Å²) in [6, 6.07) is 7.91. The number of amides is 1. The molecule has 1 amide bonds. The molecule has 0 aliphatic carbocycles. The summed E-state index contributed by atoms with van der Waals surface area (Å²) in [5, 5.41) is 3.65. The third-order valence-electron chi connectivity index (χ3n) is 3.75. The zero-order chi connectivity index (χ0) is 16.9. The van der Waals surface area contributed by atoms with Crippen molar-refractivity contribution < 1.29 is 9.53 Å². The Labute approximate surface area is 145 Å². The Kier molecular flexibility index (Phi) is 5.27. The van der Waals surface area contributed by atoms with E-state index < -0.39 is 0 Å². The molecule has 0 bridgehead atoms. The van der Waals surface area contributed by atoms with Crippen LogP contribution >= 0.6 is 11.5 Å². The van der Waals surface area contributed by atoms with Crippen LogP contribution in [0.3, 0.4) is 0 Å². The summed E-state index contributed by atoms with van der Waals surface area (Å²) in [7, 11) is 1.83. The number of hydrogen-bond acceptors (Lipinski definition) is 7. The van der Waals surface area contributed by atoms with E-state index in [0.29, 0.717) is 0 Å². The molecule has 2 aromatic rings. The number of anilines is 3. The number of carbonyl (C=O) groups is 1. The van der Waals surface area contributed by atoms with E-state index in [1.165, 1.54) is 11.5 Å². The molecule has 24 heavy (non-hydrogen) atoms. The highest BCUT2D eigenvalue weighted by atomic mass is 32.1. The number of aromatic nitrogens is 2. The van der Waals surface area contributed by atoms with Crippen LogP contribution in [-0.2, 0) is 9.53 Å². The van der Waals surface area contributed by atoms with Crippen molar-refractivity contribution in [2.75, 3.05) is 55.0 Å². The Morgan fingerprint density at radius 1 is 1.33 bits per heavy atom. The molecule has 0 spiro atoms. The number of ether oxygens (including phenoxy) is 1. The van der Waals surface area contributed by atoms with Crippen LogP contribution in [0, 0.1) is 6.92 Å². The standard InChI is InChI=1S/C16H21N5O2S/c1-12-17-16(24-19-12)20(2)11-15(22)18-13-3-5-14(6-4-13)21-7-9-23-10-8-21/h3-6H,7-11H2,1-2H3,(H,18,22). The number of carbonyl (C=O) groups excluding carboxylic acids is 1. The number of hydrogen-bond donors (Lipinski definition) is 1. The van der Waals surface area contributed by atoms with E-state index >= 15 is 0 Å². The van der Waals surface area contributed by atoms with Gasteiger partial charge < -0.3 is 19.9 Å². The van der Waals surface area contributed by atoms with Gasteiger partial charge in [0.2, 0.25) is 11.0 Å². The smallest absolute Gasteiger partial charge is 0.243 e. The first kappa shape index (κ1) is 16.7. The van der Waals surface area contributed by atoms with Gasteiger partial charge in [-0.05, 0) is 31.2 Å².